The fourth-order valence-corrected chi connectivity index (χ4v) is 4.30. The summed E-state index contributed by atoms with van der Waals surface area (Å²) in [5.41, 5.74) is 5.63. The van der Waals surface area contributed by atoms with Gasteiger partial charge in [0.05, 0.1) is 0 Å². The Hall–Kier alpha value is -4.13. The first-order chi connectivity index (χ1) is 17.3. The summed E-state index contributed by atoms with van der Waals surface area (Å²) in [5, 5.41) is 19.3. The van der Waals surface area contributed by atoms with Crippen molar-refractivity contribution >= 4 is 0 Å². The molecule has 0 saturated heterocycles. The molecule has 0 fully saturated rings. The van der Waals surface area contributed by atoms with Crippen LogP contribution in [0.1, 0.15) is 49.0 Å². The number of aromatic amines is 1. The van der Waals surface area contributed by atoms with E-state index in [1.807, 2.05) is 24.3 Å². The number of hydrogen-bond donors (Lipinski definition) is 1. The molecule has 0 atom stereocenters. The van der Waals surface area contributed by atoms with Crippen molar-refractivity contribution in [2.24, 2.45) is 0 Å². The standard InChI is InChI=1S/C28H29N7/c1-2-3-9-18-35-27(29-26(32-35)19-21-10-5-4-6-11-21)20-22-14-16-23(17-15-22)24-12-7-8-13-25(24)28-30-33-34-31-28/h4-8,10-17H,2-3,9,18-20H2,1H3,(H,30,31,33,34). The molecule has 1 N–H and O–H groups in total. The number of nitrogens with one attached hydrogen (secondary N) is 1. The van der Waals surface area contributed by atoms with Crippen LogP contribution in [0.4, 0.5) is 0 Å². The van der Waals surface area contributed by atoms with Crippen LogP contribution >= 0.6 is 0 Å². The second-order valence-electron chi connectivity index (χ2n) is 8.71. The fourth-order valence-electron chi connectivity index (χ4n) is 4.30. The Morgan fingerprint density at radius 1 is 0.771 bits per heavy atom. The van der Waals surface area contributed by atoms with E-state index in [4.69, 9.17) is 10.1 Å². The first-order valence-corrected chi connectivity index (χ1v) is 12.2. The van der Waals surface area contributed by atoms with E-state index in [0.717, 1.165) is 54.1 Å². The zero-order chi connectivity index (χ0) is 23.9. The summed E-state index contributed by atoms with van der Waals surface area (Å²) in [6.45, 7) is 3.13. The van der Waals surface area contributed by atoms with Crippen molar-refractivity contribution in [3.63, 3.8) is 0 Å². The van der Waals surface area contributed by atoms with Crippen LogP contribution in [0, 0.1) is 0 Å². The summed E-state index contributed by atoms with van der Waals surface area (Å²) in [6.07, 6.45) is 5.00. The molecule has 5 rings (SSSR count). The zero-order valence-corrected chi connectivity index (χ0v) is 19.9. The summed E-state index contributed by atoms with van der Waals surface area (Å²) in [7, 11) is 0. The molecule has 3 aromatic carbocycles. The smallest absolute Gasteiger partial charge is 0.180 e. The predicted molar refractivity (Wildman–Crippen MR) is 137 cm³/mol. The molecule has 7 nitrogen and oxygen atoms in total. The van der Waals surface area contributed by atoms with Crippen LogP contribution in [0.3, 0.4) is 0 Å². The SMILES string of the molecule is CCCCCn1nc(Cc2ccccc2)nc1Cc1ccc(-c2ccccc2-c2nnn[nH]2)cc1. The van der Waals surface area contributed by atoms with Crippen molar-refractivity contribution < 1.29 is 0 Å². The van der Waals surface area contributed by atoms with Crippen molar-refractivity contribution in [3.05, 3.63) is 102 Å². The Kier molecular flexibility index (Phi) is 7.03. The summed E-state index contributed by atoms with van der Waals surface area (Å²) in [4.78, 5) is 4.93. The van der Waals surface area contributed by atoms with E-state index < -0.39 is 0 Å². The first kappa shape index (κ1) is 22.7. The molecule has 35 heavy (non-hydrogen) atoms. The summed E-state index contributed by atoms with van der Waals surface area (Å²) >= 11 is 0. The Balaban J connectivity index is 1.37. The predicted octanol–water partition coefficient (Wildman–Crippen LogP) is 5.50. The Morgan fingerprint density at radius 2 is 1.51 bits per heavy atom. The van der Waals surface area contributed by atoms with E-state index in [-0.39, 0.29) is 0 Å². The largest absolute Gasteiger partial charge is 0.249 e. The highest BCUT2D eigenvalue weighted by molar-refractivity contribution is 5.80. The molecule has 0 aliphatic heterocycles. The van der Waals surface area contributed by atoms with Crippen molar-refractivity contribution in [2.45, 2.75) is 45.6 Å². The normalized spacial score (nSPS) is 11.1. The number of aryl methyl sites for hydroxylation is 1. The molecule has 0 aliphatic carbocycles. The molecule has 0 spiro atoms. The van der Waals surface area contributed by atoms with Crippen LogP contribution in [0.25, 0.3) is 22.5 Å². The number of tetrazole rings is 1. The van der Waals surface area contributed by atoms with Crippen LogP contribution in [0.5, 0.6) is 0 Å². The quantitative estimate of drug-likeness (QED) is 0.277. The van der Waals surface area contributed by atoms with Gasteiger partial charge in [0, 0.05) is 24.9 Å². The number of hydrogen-bond acceptors (Lipinski definition) is 5. The molecular weight excluding hydrogens is 434 g/mol. The zero-order valence-electron chi connectivity index (χ0n) is 19.9. The highest BCUT2D eigenvalue weighted by Gasteiger charge is 2.13. The third-order valence-corrected chi connectivity index (χ3v) is 6.13. The van der Waals surface area contributed by atoms with E-state index in [9.17, 15) is 0 Å². The van der Waals surface area contributed by atoms with Crippen LogP contribution in [-0.2, 0) is 19.4 Å². The second-order valence-corrected chi connectivity index (χ2v) is 8.71. The van der Waals surface area contributed by atoms with Gasteiger partial charge in [-0.3, -0.25) is 0 Å². The van der Waals surface area contributed by atoms with Crippen LogP contribution < -0.4 is 0 Å². The molecule has 0 unspecified atom stereocenters. The summed E-state index contributed by atoms with van der Waals surface area (Å²) in [6, 6.07) is 27.2. The van der Waals surface area contributed by atoms with Crippen LogP contribution in [0.2, 0.25) is 0 Å². The number of nitrogens with zero attached hydrogens (tertiary/aromatic N) is 6. The van der Waals surface area contributed by atoms with Gasteiger partial charge in [-0.1, -0.05) is 98.6 Å². The van der Waals surface area contributed by atoms with Gasteiger partial charge in [-0.2, -0.15) is 5.10 Å². The number of unbranched alkanes of at least 4 members (excludes halogenated alkanes) is 2. The molecule has 0 saturated carbocycles. The van der Waals surface area contributed by atoms with Gasteiger partial charge in [0.1, 0.15) is 5.82 Å². The third kappa shape index (κ3) is 5.51. The van der Waals surface area contributed by atoms with E-state index in [1.165, 1.54) is 24.0 Å². The van der Waals surface area contributed by atoms with Gasteiger partial charge in [-0.25, -0.2) is 14.8 Å². The number of rotatable bonds is 10. The molecule has 2 heterocycles. The minimum atomic E-state index is 0.663. The Bertz CT molecular complexity index is 1340. The van der Waals surface area contributed by atoms with Gasteiger partial charge in [0.15, 0.2) is 11.6 Å². The maximum Gasteiger partial charge on any atom is 0.180 e. The molecule has 0 radical (unpaired) electrons. The topological polar surface area (TPSA) is 85.2 Å². The number of aromatic nitrogens is 7. The van der Waals surface area contributed by atoms with Crippen LogP contribution in [-0.4, -0.2) is 35.4 Å². The van der Waals surface area contributed by atoms with E-state index >= 15 is 0 Å². The summed E-state index contributed by atoms with van der Waals surface area (Å²) in [5.74, 6) is 2.57. The van der Waals surface area contributed by atoms with Crippen LogP contribution in [0.15, 0.2) is 78.9 Å². The fraction of sp³-hybridized carbons (Fsp3) is 0.250. The maximum absolute atomic E-state index is 4.93. The van der Waals surface area contributed by atoms with E-state index in [0.29, 0.717) is 5.82 Å². The average Bonchev–Trinajstić information content (AvgIpc) is 3.56. The minimum absolute atomic E-state index is 0.663. The average molecular weight is 464 g/mol. The third-order valence-electron chi connectivity index (χ3n) is 6.13. The number of benzene rings is 3. The highest BCUT2D eigenvalue weighted by Crippen LogP contribution is 2.30. The van der Waals surface area contributed by atoms with Crippen molar-refractivity contribution in [1.29, 1.82) is 0 Å². The van der Waals surface area contributed by atoms with Crippen molar-refractivity contribution in [2.75, 3.05) is 0 Å². The molecule has 176 valence electrons. The van der Waals surface area contributed by atoms with E-state index in [2.05, 4.69) is 86.8 Å². The lowest BCUT2D eigenvalue weighted by molar-refractivity contribution is 0.532. The first-order valence-electron chi connectivity index (χ1n) is 12.2. The second kappa shape index (κ2) is 10.9. The highest BCUT2D eigenvalue weighted by atomic mass is 15.5. The summed E-state index contributed by atoms with van der Waals surface area (Å²) < 4.78 is 2.11. The van der Waals surface area contributed by atoms with Gasteiger partial charge >= 0.3 is 0 Å². The van der Waals surface area contributed by atoms with Gasteiger partial charge in [0.25, 0.3) is 0 Å². The lowest BCUT2D eigenvalue weighted by atomic mass is 9.98. The van der Waals surface area contributed by atoms with Gasteiger partial charge < -0.3 is 0 Å². The Labute approximate surface area is 205 Å². The van der Waals surface area contributed by atoms with Gasteiger partial charge in [-0.05, 0) is 39.1 Å². The van der Waals surface area contributed by atoms with Crippen molar-refractivity contribution in [1.82, 2.24) is 35.4 Å². The molecule has 2 aromatic heterocycles. The maximum atomic E-state index is 4.93. The number of H-pyrrole nitrogens is 1. The van der Waals surface area contributed by atoms with Gasteiger partial charge in [-0.15, -0.1) is 5.10 Å². The molecule has 0 amide bonds. The lowest BCUT2D eigenvalue weighted by Crippen LogP contribution is -2.07. The molecule has 0 aliphatic rings. The molecule has 7 heteroatoms. The molecular formula is C28H29N7. The Morgan fingerprint density at radius 3 is 2.26 bits per heavy atom. The van der Waals surface area contributed by atoms with Gasteiger partial charge in [0.2, 0.25) is 0 Å². The van der Waals surface area contributed by atoms with Crippen molar-refractivity contribution in [3.8, 4) is 22.5 Å². The minimum Gasteiger partial charge on any atom is -0.249 e. The molecule has 0 bridgehead atoms. The molecule has 5 aromatic rings. The monoisotopic (exact) mass is 463 g/mol. The van der Waals surface area contributed by atoms with E-state index in [1.54, 1.807) is 0 Å². The lowest BCUT2D eigenvalue weighted by Gasteiger charge is -2.09.